The van der Waals surface area contributed by atoms with E-state index in [4.69, 9.17) is 5.11 Å². The molecule has 0 aliphatic carbocycles. The average Bonchev–Trinajstić information content (AvgIpc) is 1.84. The Kier molecular flexibility index (Phi) is 2.75. The molecule has 1 saturated heterocycles. The molecular formula is C7H15NO3S. The molecule has 0 bridgehead atoms. The summed E-state index contributed by atoms with van der Waals surface area (Å²) in [4.78, 5) is 0. The molecule has 1 rings (SSSR count). The first-order valence-corrected chi connectivity index (χ1v) is 5.58. The summed E-state index contributed by atoms with van der Waals surface area (Å²) in [7, 11) is -3.06. The summed E-state index contributed by atoms with van der Waals surface area (Å²) in [5.74, 6) is 0.151. The highest BCUT2D eigenvalue weighted by molar-refractivity contribution is 7.89. The van der Waals surface area contributed by atoms with Gasteiger partial charge >= 0.3 is 0 Å². The lowest BCUT2D eigenvalue weighted by Gasteiger charge is -2.38. The average molecular weight is 193 g/mol. The summed E-state index contributed by atoms with van der Waals surface area (Å²) in [6.07, 6.45) is 0. The highest BCUT2D eigenvalue weighted by Gasteiger charge is 2.36. The van der Waals surface area contributed by atoms with E-state index in [9.17, 15) is 8.42 Å². The highest BCUT2D eigenvalue weighted by atomic mass is 32.2. The van der Waals surface area contributed by atoms with Crippen LogP contribution in [0.15, 0.2) is 0 Å². The Morgan fingerprint density at radius 3 is 2.33 bits per heavy atom. The van der Waals surface area contributed by atoms with Gasteiger partial charge in [0.25, 0.3) is 0 Å². The first-order chi connectivity index (χ1) is 5.48. The van der Waals surface area contributed by atoms with Crippen LogP contribution in [0.2, 0.25) is 0 Å². The van der Waals surface area contributed by atoms with Crippen molar-refractivity contribution in [2.45, 2.75) is 19.1 Å². The minimum Gasteiger partial charge on any atom is -0.396 e. The molecule has 0 amide bonds. The van der Waals surface area contributed by atoms with E-state index in [-0.39, 0.29) is 17.8 Å². The summed E-state index contributed by atoms with van der Waals surface area (Å²) in [6.45, 7) is 4.39. The Morgan fingerprint density at radius 1 is 1.50 bits per heavy atom. The quantitative estimate of drug-likeness (QED) is 0.666. The molecule has 12 heavy (non-hydrogen) atoms. The van der Waals surface area contributed by atoms with Crippen LogP contribution in [0.3, 0.4) is 0 Å². The molecule has 0 aromatic rings. The number of sulfonamides is 1. The highest BCUT2D eigenvalue weighted by Crippen LogP contribution is 2.21. The van der Waals surface area contributed by atoms with E-state index in [1.807, 2.05) is 0 Å². The summed E-state index contributed by atoms with van der Waals surface area (Å²) in [6, 6.07) is 0. The minimum absolute atomic E-state index is 0.0874. The van der Waals surface area contributed by atoms with Crippen LogP contribution in [0, 0.1) is 5.92 Å². The van der Waals surface area contributed by atoms with Crippen molar-refractivity contribution < 1.29 is 13.5 Å². The van der Waals surface area contributed by atoms with Crippen LogP contribution in [0.4, 0.5) is 0 Å². The van der Waals surface area contributed by atoms with Gasteiger partial charge in [-0.05, 0) is 13.8 Å². The van der Waals surface area contributed by atoms with Crippen molar-refractivity contribution in [1.29, 1.82) is 0 Å². The topological polar surface area (TPSA) is 57.6 Å². The maximum absolute atomic E-state index is 11.4. The first kappa shape index (κ1) is 9.95. The molecule has 1 heterocycles. The second kappa shape index (κ2) is 3.32. The molecular weight excluding hydrogens is 178 g/mol. The van der Waals surface area contributed by atoms with Crippen molar-refractivity contribution in [2.75, 3.05) is 19.7 Å². The van der Waals surface area contributed by atoms with Crippen molar-refractivity contribution in [3.63, 3.8) is 0 Å². The third kappa shape index (κ3) is 1.62. The molecule has 1 N–H and O–H groups in total. The predicted molar refractivity (Wildman–Crippen MR) is 46.2 cm³/mol. The summed E-state index contributed by atoms with van der Waals surface area (Å²) >= 11 is 0. The molecule has 1 aliphatic heterocycles. The monoisotopic (exact) mass is 193 g/mol. The molecule has 0 unspecified atom stereocenters. The second-order valence-electron chi connectivity index (χ2n) is 3.46. The number of rotatable bonds is 3. The Morgan fingerprint density at radius 2 is 2.00 bits per heavy atom. The van der Waals surface area contributed by atoms with Crippen LogP contribution in [0.1, 0.15) is 13.8 Å². The molecule has 1 fully saturated rings. The molecule has 4 nitrogen and oxygen atoms in total. The van der Waals surface area contributed by atoms with Crippen molar-refractivity contribution in [3.05, 3.63) is 0 Å². The minimum atomic E-state index is -3.06. The molecule has 0 spiro atoms. The van der Waals surface area contributed by atoms with Crippen LogP contribution in [-0.4, -0.2) is 42.8 Å². The van der Waals surface area contributed by atoms with Gasteiger partial charge in [0.15, 0.2) is 0 Å². The van der Waals surface area contributed by atoms with E-state index in [1.165, 1.54) is 4.31 Å². The van der Waals surface area contributed by atoms with E-state index < -0.39 is 10.0 Å². The summed E-state index contributed by atoms with van der Waals surface area (Å²) in [5, 5.41) is 8.34. The van der Waals surface area contributed by atoms with Gasteiger partial charge in [0.1, 0.15) is 0 Å². The third-order valence-corrected chi connectivity index (χ3v) is 4.35. The van der Waals surface area contributed by atoms with E-state index in [0.717, 1.165) is 0 Å². The lowest BCUT2D eigenvalue weighted by Crippen LogP contribution is -2.53. The maximum atomic E-state index is 11.4. The van der Waals surface area contributed by atoms with Crippen LogP contribution >= 0.6 is 0 Å². The van der Waals surface area contributed by atoms with Crippen molar-refractivity contribution in [2.24, 2.45) is 5.92 Å². The number of aliphatic hydroxyl groups is 1. The first-order valence-electron chi connectivity index (χ1n) is 4.08. The van der Waals surface area contributed by atoms with Gasteiger partial charge in [-0.2, -0.15) is 0 Å². The number of hydrogen-bond acceptors (Lipinski definition) is 3. The second-order valence-corrected chi connectivity index (χ2v) is 5.95. The van der Waals surface area contributed by atoms with E-state index in [0.29, 0.717) is 13.1 Å². The largest absolute Gasteiger partial charge is 0.396 e. The smallest absolute Gasteiger partial charge is 0.216 e. The molecule has 0 aromatic carbocycles. The van der Waals surface area contributed by atoms with Crippen molar-refractivity contribution >= 4 is 10.0 Å². The number of aliphatic hydroxyl groups excluding tert-OH is 1. The fourth-order valence-electron chi connectivity index (χ4n) is 1.14. The van der Waals surface area contributed by atoms with Crippen LogP contribution in [0.25, 0.3) is 0 Å². The summed E-state index contributed by atoms with van der Waals surface area (Å²) in [5.41, 5.74) is 0. The third-order valence-electron chi connectivity index (χ3n) is 2.14. The van der Waals surface area contributed by atoms with E-state index in [2.05, 4.69) is 0 Å². The van der Waals surface area contributed by atoms with Gasteiger partial charge in [-0.3, -0.25) is 0 Å². The SMILES string of the molecule is CC(C)S(=O)(=O)N1CC(CO)C1. The van der Waals surface area contributed by atoms with Gasteiger partial charge in [0, 0.05) is 25.6 Å². The van der Waals surface area contributed by atoms with Crippen molar-refractivity contribution in [3.8, 4) is 0 Å². The fraction of sp³-hybridized carbons (Fsp3) is 1.00. The molecule has 0 radical (unpaired) electrons. The van der Waals surface area contributed by atoms with Crippen LogP contribution in [0.5, 0.6) is 0 Å². The van der Waals surface area contributed by atoms with Gasteiger partial charge < -0.3 is 5.11 Å². The molecule has 5 heteroatoms. The zero-order valence-electron chi connectivity index (χ0n) is 7.40. The van der Waals surface area contributed by atoms with Gasteiger partial charge in [0.2, 0.25) is 10.0 Å². The lowest BCUT2D eigenvalue weighted by molar-refractivity contribution is 0.116. The van der Waals surface area contributed by atoms with Gasteiger partial charge in [-0.15, -0.1) is 0 Å². The van der Waals surface area contributed by atoms with Gasteiger partial charge in [-0.1, -0.05) is 0 Å². The van der Waals surface area contributed by atoms with E-state index >= 15 is 0 Å². The van der Waals surface area contributed by atoms with E-state index in [1.54, 1.807) is 13.8 Å². The molecule has 1 aliphatic rings. The number of nitrogens with zero attached hydrogens (tertiary/aromatic N) is 1. The molecule has 0 saturated carbocycles. The zero-order valence-corrected chi connectivity index (χ0v) is 8.21. The normalized spacial score (nSPS) is 21.3. The zero-order chi connectivity index (χ0) is 9.35. The molecule has 0 aromatic heterocycles. The maximum Gasteiger partial charge on any atom is 0.216 e. The molecule has 0 atom stereocenters. The Hall–Kier alpha value is -0.130. The van der Waals surface area contributed by atoms with Crippen molar-refractivity contribution in [1.82, 2.24) is 4.31 Å². The van der Waals surface area contributed by atoms with Gasteiger partial charge in [-0.25, -0.2) is 12.7 Å². The summed E-state index contributed by atoms with van der Waals surface area (Å²) < 4.78 is 24.3. The fourth-order valence-corrected chi connectivity index (χ4v) is 2.58. The molecule has 72 valence electrons. The standard InChI is InChI=1S/C7H15NO3S/c1-6(2)12(10,11)8-3-7(4-8)5-9/h6-7,9H,3-5H2,1-2H3. The predicted octanol–water partition coefficient (Wildman–Crippen LogP) is -0.351. The van der Waals surface area contributed by atoms with Gasteiger partial charge in [0.05, 0.1) is 5.25 Å². The Labute approximate surface area is 73.2 Å². The lowest BCUT2D eigenvalue weighted by atomic mass is 10.1. The Bertz CT molecular complexity index is 241. The number of hydrogen-bond donors (Lipinski definition) is 1. The Balaban J connectivity index is 2.53. The van der Waals surface area contributed by atoms with Crippen LogP contribution in [-0.2, 0) is 10.0 Å². The van der Waals surface area contributed by atoms with Crippen LogP contribution < -0.4 is 0 Å².